The smallest absolute Gasteiger partial charge is 0.0482 e. The predicted molar refractivity (Wildman–Crippen MR) is 87.6 cm³/mol. The standard InChI is InChI=1S/C17H20N2S/c1-11-8-9-16(20-11)14(10-18)17-12(2)19(3)15-7-5-4-6-13(15)17/h4-9,14H,10,18H2,1-3H3. The Bertz CT molecular complexity index is 752. The topological polar surface area (TPSA) is 30.9 Å². The third-order valence-corrected chi connectivity index (χ3v) is 5.25. The summed E-state index contributed by atoms with van der Waals surface area (Å²) in [6.45, 7) is 4.99. The van der Waals surface area contributed by atoms with Crippen molar-refractivity contribution in [2.75, 3.05) is 6.54 Å². The number of fused-ring (bicyclic) bond motifs is 1. The molecule has 104 valence electrons. The van der Waals surface area contributed by atoms with E-state index in [9.17, 15) is 0 Å². The molecule has 1 atom stereocenters. The van der Waals surface area contributed by atoms with Crippen molar-refractivity contribution < 1.29 is 0 Å². The highest BCUT2D eigenvalue weighted by molar-refractivity contribution is 7.12. The predicted octanol–water partition coefficient (Wildman–Crippen LogP) is 3.95. The van der Waals surface area contributed by atoms with Gasteiger partial charge in [0, 0.05) is 45.9 Å². The molecule has 0 saturated carbocycles. The molecule has 1 aromatic carbocycles. The first-order chi connectivity index (χ1) is 9.63. The molecule has 3 heteroatoms. The van der Waals surface area contributed by atoms with E-state index >= 15 is 0 Å². The summed E-state index contributed by atoms with van der Waals surface area (Å²) in [7, 11) is 2.13. The number of benzene rings is 1. The Balaban J connectivity index is 2.24. The average Bonchev–Trinajstić information content (AvgIpc) is 2.98. The Labute approximate surface area is 123 Å². The van der Waals surface area contributed by atoms with Gasteiger partial charge < -0.3 is 10.3 Å². The Morgan fingerprint density at radius 3 is 2.55 bits per heavy atom. The normalized spacial score (nSPS) is 13.0. The second kappa shape index (κ2) is 5.08. The zero-order valence-electron chi connectivity index (χ0n) is 12.2. The summed E-state index contributed by atoms with van der Waals surface area (Å²) in [5.41, 5.74) is 10.1. The van der Waals surface area contributed by atoms with Gasteiger partial charge in [-0.2, -0.15) is 0 Å². The number of hydrogen-bond acceptors (Lipinski definition) is 2. The molecule has 2 nitrogen and oxygen atoms in total. The zero-order valence-corrected chi connectivity index (χ0v) is 13.0. The van der Waals surface area contributed by atoms with Gasteiger partial charge in [0.1, 0.15) is 0 Å². The van der Waals surface area contributed by atoms with Crippen LogP contribution in [-0.4, -0.2) is 11.1 Å². The fraction of sp³-hybridized carbons (Fsp3) is 0.294. The second-order valence-corrected chi connectivity index (χ2v) is 6.63. The molecule has 2 heterocycles. The van der Waals surface area contributed by atoms with Crippen molar-refractivity contribution in [1.82, 2.24) is 4.57 Å². The molecule has 0 saturated heterocycles. The van der Waals surface area contributed by atoms with E-state index in [1.54, 1.807) is 0 Å². The summed E-state index contributed by atoms with van der Waals surface area (Å²) < 4.78 is 2.27. The molecule has 3 aromatic rings. The molecule has 0 amide bonds. The minimum absolute atomic E-state index is 0.291. The zero-order chi connectivity index (χ0) is 14.3. The second-order valence-electron chi connectivity index (χ2n) is 5.31. The molecule has 0 fully saturated rings. The minimum Gasteiger partial charge on any atom is -0.348 e. The van der Waals surface area contributed by atoms with Gasteiger partial charge in [0.25, 0.3) is 0 Å². The summed E-state index contributed by atoms with van der Waals surface area (Å²) in [6, 6.07) is 13.0. The average molecular weight is 284 g/mol. The van der Waals surface area contributed by atoms with Gasteiger partial charge in [-0.1, -0.05) is 18.2 Å². The van der Waals surface area contributed by atoms with Crippen molar-refractivity contribution >= 4 is 22.2 Å². The highest BCUT2D eigenvalue weighted by atomic mass is 32.1. The highest BCUT2D eigenvalue weighted by Gasteiger charge is 2.22. The molecule has 2 N–H and O–H groups in total. The van der Waals surface area contributed by atoms with E-state index in [0.29, 0.717) is 12.5 Å². The van der Waals surface area contributed by atoms with Gasteiger partial charge in [-0.15, -0.1) is 11.3 Å². The minimum atomic E-state index is 0.291. The molecule has 0 radical (unpaired) electrons. The molecule has 3 rings (SSSR count). The van der Waals surface area contributed by atoms with Crippen LogP contribution in [0.3, 0.4) is 0 Å². The van der Waals surface area contributed by atoms with Gasteiger partial charge in [-0.25, -0.2) is 0 Å². The Hall–Kier alpha value is -1.58. The van der Waals surface area contributed by atoms with E-state index in [1.807, 2.05) is 11.3 Å². The summed E-state index contributed by atoms with van der Waals surface area (Å²) in [5.74, 6) is 0.291. The summed E-state index contributed by atoms with van der Waals surface area (Å²) >= 11 is 1.85. The lowest BCUT2D eigenvalue weighted by atomic mass is 9.94. The summed E-state index contributed by atoms with van der Waals surface area (Å²) in [5, 5.41) is 1.33. The van der Waals surface area contributed by atoms with Crippen LogP contribution in [0.1, 0.15) is 26.9 Å². The molecule has 1 unspecified atom stereocenters. The van der Waals surface area contributed by atoms with E-state index in [2.05, 4.69) is 61.9 Å². The fourth-order valence-electron chi connectivity index (χ4n) is 3.01. The van der Waals surface area contributed by atoms with Gasteiger partial charge in [0.2, 0.25) is 0 Å². The number of nitrogens with two attached hydrogens (primary N) is 1. The first-order valence-electron chi connectivity index (χ1n) is 6.93. The van der Waals surface area contributed by atoms with Gasteiger partial charge in [0.05, 0.1) is 0 Å². The Morgan fingerprint density at radius 1 is 1.15 bits per heavy atom. The van der Waals surface area contributed by atoms with Crippen molar-refractivity contribution in [1.29, 1.82) is 0 Å². The third kappa shape index (κ3) is 1.98. The van der Waals surface area contributed by atoms with E-state index in [0.717, 1.165) is 0 Å². The maximum Gasteiger partial charge on any atom is 0.0482 e. The summed E-state index contributed by atoms with van der Waals surface area (Å²) in [4.78, 5) is 2.71. The van der Waals surface area contributed by atoms with Crippen LogP contribution in [0.2, 0.25) is 0 Å². The molecule has 2 aromatic heterocycles. The maximum absolute atomic E-state index is 6.11. The first kappa shape index (κ1) is 13.4. The van der Waals surface area contributed by atoms with Crippen LogP contribution in [-0.2, 0) is 7.05 Å². The number of nitrogens with zero attached hydrogens (tertiary/aromatic N) is 1. The lowest BCUT2D eigenvalue weighted by Gasteiger charge is -2.14. The van der Waals surface area contributed by atoms with E-state index < -0.39 is 0 Å². The third-order valence-electron chi connectivity index (χ3n) is 4.14. The molecule has 20 heavy (non-hydrogen) atoms. The molecule has 0 aliphatic carbocycles. The van der Waals surface area contributed by atoms with Crippen LogP contribution < -0.4 is 5.73 Å². The largest absolute Gasteiger partial charge is 0.348 e. The van der Waals surface area contributed by atoms with Crippen molar-refractivity contribution in [3.63, 3.8) is 0 Å². The summed E-state index contributed by atoms with van der Waals surface area (Å²) in [6.07, 6.45) is 0. The molecular weight excluding hydrogens is 264 g/mol. The van der Waals surface area contributed by atoms with Crippen molar-refractivity contribution in [2.45, 2.75) is 19.8 Å². The number of hydrogen-bond donors (Lipinski definition) is 1. The molecular formula is C17H20N2S. The van der Waals surface area contributed by atoms with Crippen LogP contribution in [0.15, 0.2) is 36.4 Å². The van der Waals surface area contributed by atoms with Gasteiger partial charge in [-0.05, 0) is 37.6 Å². The maximum atomic E-state index is 6.11. The van der Waals surface area contributed by atoms with Crippen molar-refractivity contribution in [2.24, 2.45) is 12.8 Å². The van der Waals surface area contributed by atoms with Crippen LogP contribution in [0.4, 0.5) is 0 Å². The SMILES string of the molecule is Cc1ccc(C(CN)c2c(C)n(C)c3ccccc23)s1. The Kier molecular flexibility index (Phi) is 3.40. The number of thiophene rings is 1. The van der Waals surface area contributed by atoms with E-state index in [1.165, 1.54) is 31.9 Å². The monoisotopic (exact) mass is 284 g/mol. The molecule has 0 aliphatic rings. The van der Waals surface area contributed by atoms with Gasteiger partial charge in [0.15, 0.2) is 0 Å². The van der Waals surface area contributed by atoms with Crippen LogP contribution in [0, 0.1) is 13.8 Å². The lowest BCUT2D eigenvalue weighted by molar-refractivity contribution is 0.811. The quantitative estimate of drug-likeness (QED) is 0.775. The fourth-order valence-corrected chi connectivity index (χ4v) is 4.01. The number of aromatic nitrogens is 1. The molecule has 0 spiro atoms. The number of aryl methyl sites for hydroxylation is 2. The van der Waals surface area contributed by atoms with Gasteiger partial charge >= 0.3 is 0 Å². The molecule has 0 bridgehead atoms. The number of para-hydroxylation sites is 1. The van der Waals surface area contributed by atoms with E-state index in [-0.39, 0.29) is 0 Å². The van der Waals surface area contributed by atoms with E-state index in [4.69, 9.17) is 5.73 Å². The van der Waals surface area contributed by atoms with Gasteiger partial charge in [-0.3, -0.25) is 0 Å². The molecule has 0 aliphatic heterocycles. The highest BCUT2D eigenvalue weighted by Crippen LogP contribution is 2.37. The van der Waals surface area contributed by atoms with Crippen LogP contribution >= 0.6 is 11.3 Å². The lowest BCUT2D eigenvalue weighted by Crippen LogP contribution is -2.13. The first-order valence-corrected chi connectivity index (χ1v) is 7.75. The van der Waals surface area contributed by atoms with Crippen molar-refractivity contribution in [3.05, 3.63) is 57.4 Å². The van der Waals surface area contributed by atoms with Crippen LogP contribution in [0.25, 0.3) is 10.9 Å². The number of rotatable bonds is 3. The Morgan fingerprint density at radius 2 is 1.90 bits per heavy atom. The van der Waals surface area contributed by atoms with Crippen LogP contribution in [0.5, 0.6) is 0 Å². The van der Waals surface area contributed by atoms with Crippen molar-refractivity contribution in [3.8, 4) is 0 Å².